The number of carbonyl (C=O) groups excluding carboxylic acids is 1. The lowest BCUT2D eigenvalue weighted by atomic mass is 9.92. The molecule has 0 saturated carbocycles. The third kappa shape index (κ3) is 2.18. The number of aryl methyl sites for hydroxylation is 2. The normalized spacial score (nSPS) is 11.8. The number of ketones is 1. The molecule has 0 saturated heterocycles. The molecule has 0 aliphatic carbocycles. The number of Topliss-reactive ketones (excluding diaryl/α,β-unsaturated/α-hetero) is 1. The highest BCUT2D eigenvalue weighted by Crippen LogP contribution is 2.22. The Balaban J connectivity index is 2.37. The van der Waals surface area contributed by atoms with Gasteiger partial charge in [0.05, 0.1) is 12.3 Å². The molecular formula is C15H13NO2. The molecule has 18 heavy (non-hydrogen) atoms. The van der Waals surface area contributed by atoms with Crippen LogP contribution >= 0.6 is 0 Å². The summed E-state index contributed by atoms with van der Waals surface area (Å²) in [5, 5.41) is 9.20. The molecule has 0 spiro atoms. The van der Waals surface area contributed by atoms with E-state index in [0.29, 0.717) is 5.56 Å². The molecule has 0 fully saturated rings. The molecule has 1 unspecified atom stereocenters. The maximum Gasteiger partial charge on any atom is 0.219 e. The third-order valence-corrected chi connectivity index (χ3v) is 3.02. The van der Waals surface area contributed by atoms with E-state index in [0.717, 1.165) is 11.1 Å². The monoisotopic (exact) mass is 239 g/mol. The summed E-state index contributed by atoms with van der Waals surface area (Å²) < 4.78 is 5.05. The molecule has 1 heterocycles. The molecule has 0 amide bonds. The van der Waals surface area contributed by atoms with Crippen LogP contribution in [0.1, 0.15) is 33.2 Å². The van der Waals surface area contributed by atoms with Crippen LogP contribution in [0.3, 0.4) is 0 Å². The van der Waals surface area contributed by atoms with Crippen LogP contribution < -0.4 is 0 Å². The van der Waals surface area contributed by atoms with Gasteiger partial charge in [0.25, 0.3) is 0 Å². The van der Waals surface area contributed by atoms with E-state index in [2.05, 4.69) is 0 Å². The second kappa shape index (κ2) is 4.89. The topological polar surface area (TPSA) is 54.0 Å². The second-order valence-corrected chi connectivity index (χ2v) is 4.25. The van der Waals surface area contributed by atoms with Gasteiger partial charge in [-0.15, -0.1) is 0 Å². The minimum Gasteiger partial charge on any atom is -0.461 e. The molecule has 2 rings (SSSR count). The minimum atomic E-state index is -0.810. The molecule has 0 aliphatic heterocycles. The van der Waals surface area contributed by atoms with E-state index in [1.165, 1.54) is 6.26 Å². The number of nitriles is 1. The number of rotatable bonds is 3. The first kappa shape index (κ1) is 12.1. The Kier molecular flexibility index (Phi) is 3.29. The van der Waals surface area contributed by atoms with Gasteiger partial charge in [-0.3, -0.25) is 4.79 Å². The lowest BCUT2D eigenvalue weighted by molar-refractivity contribution is 0.0952. The predicted octanol–water partition coefficient (Wildman–Crippen LogP) is 3.39. The number of carbonyl (C=O) groups is 1. The maximum absolute atomic E-state index is 12.1. The molecule has 3 nitrogen and oxygen atoms in total. The van der Waals surface area contributed by atoms with Gasteiger partial charge in [-0.1, -0.05) is 18.2 Å². The fraction of sp³-hybridized carbons (Fsp3) is 0.200. The first-order valence-electron chi connectivity index (χ1n) is 5.68. The van der Waals surface area contributed by atoms with Gasteiger partial charge in [0.1, 0.15) is 5.92 Å². The van der Waals surface area contributed by atoms with Crippen LogP contribution in [0.15, 0.2) is 41.0 Å². The Hall–Kier alpha value is -2.34. The van der Waals surface area contributed by atoms with Crippen molar-refractivity contribution in [3.05, 3.63) is 59.0 Å². The van der Waals surface area contributed by atoms with Crippen molar-refractivity contribution in [2.45, 2.75) is 19.8 Å². The van der Waals surface area contributed by atoms with E-state index in [1.54, 1.807) is 12.1 Å². The zero-order chi connectivity index (χ0) is 13.1. The Labute approximate surface area is 106 Å². The molecule has 1 atom stereocenters. The van der Waals surface area contributed by atoms with Crippen molar-refractivity contribution in [2.75, 3.05) is 0 Å². The number of hydrogen-bond acceptors (Lipinski definition) is 3. The fourth-order valence-corrected chi connectivity index (χ4v) is 1.79. The average molecular weight is 239 g/mol. The van der Waals surface area contributed by atoms with Crippen molar-refractivity contribution >= 4 is 5.78 Å². The minimum absolute atomic E-state index is 0.222. The summed E-state index contributed by atoms with van der Waals surface area (Å²) in [4.78, 5) is 12.1. The van der Waals surface area contributed by atoms with Crippen molar-refractivity contribution < 1.29 is 9.21 Å². The molecular weight excluding hydrogens is 226 g/mol. The first-order chi connectivity index (χ1) is 8.63. The van der Waals surface area contributed by atoms with E-state index in [4.69, 9.17) is 4.42 Å². The van der Waals surface area contributed by atoms with Crippen LogP contribution in [-0.4, -0.2) is 5.78 Å². The Morgan fingerprint density at radius 2 is 2.06 bits per heavy atom. The van der Waals surface area contributed by atoms with Crippen LogP contribution in [0, 0.1) is 25.2 Å². The largest absolute Gasteiger partial charge is 0.461 e. The Morgan fingerprint density at radius 1 is 1.28 bits per heavy atom. The van der Waals surface area contributed by atoms with Crippen molar-refractivity contribution in [1.29, 1.82) is 5.26 Å². The van der Waals surface area contributed by atoms with Gasteiger partial charge < -0.3 is 4.42 Å². The number of benzene rings is 1. The van der Waals surface area contributed by atoms with Crippen LogP contribution in [0.4, 0.5) is 0 Å². The maximum atomic E-state index is 12.1. The van der Waals surface area contributed by atoms with Gasteiger partial charge in [0.15, 0.2) is 5.76 Å². The summed E-state index contributed by atoms with van der Waals surface area (Å²) >= 11 is 0. The first-order valence-corrected chi connectivity index (χ1v) is 5.68. The number of hydrogen-bond donors (Lipinski definition) is 0. The quantitative estimate of drug-likeness (QED) is 0.771. The van der Waals surface area contributed by atoms with Gasteiger partial charge in [-0.05, 0) is 42.7 Å². The summed E-state index contributed by atoms with van der Waals surface area (Å²) in [6, 6.07) is 10.9. The van der Waals surface area contributed by atoms with E-state index in [1.807, 2.05) is 38.1 Å². The molecule has 3 heteroatoms. The number of nitrogens with zero attached hydrogens (tertiary/aromatic N) is 1. The molecule has 0 aliphatic rings. The molecule has 0 N–H and O–H groups in total. The summed E-state index contributed by atoms with van der Waals surface area (Å²) in [5.74, 6) is -0.888. The highest BCUT2D eigenvalue weighted by Gasteiger charge is 2.24. The van der Waals surface area contributed by atoms with Gasteiger partial charge in [0.2, 0.25) is 5.78 Å². The van der Waals surface area contributed by atoms with Crippen LogP contribution in [-0.2, 0) is 0 Å². The summed E-state index contributed by atoms with van der Waals surface area (Å²) in [5.41, 5.74) is 2.92. The zero-order valence-corrected chi connectivity index (χ0v) is 10.3. The van der Waals surface area contributed by atoms with Crippen molar-refractivity contribution in [2.24, 2.45) is 0 Å². The highest BCUT2D eigenvalue weighted by molar-refractivity contribution is 6.00. The van der Waals surface area contributed by atoms with E-state index in [-0.39, 0.29) is 11.5 Å². The SMILES string of the molecule is Cc1ccc(C(C#N)C(=O)c2ccco2)cc1C. The molecule has 2 aromatic rings. The summed E-state index contributed by atoms with van der Waals surface area (Å²) in [6.07, 6.45) is 1.43. The second-order valence-electron chi connectivity index (χ2n) is 4.25. The van der Waals surface area contributed by atoms with Gasteiger partial charge in [-0.25, -0.2) is 0 Å². The van der Waals surface area contributed by atoms with Crippen LogP contribution in [0.5, 0.6) is 0 Å². The van der Waals surface area contributed by atoms with Gasteiger partial charge >= 0.3 is 0 Å². The Bertz CT molecular complexity index is 606. The predicted molar refractivity (Wildman–Crippen MR) is 67.3 cm³/mol. The molecule has 0 radical (unpaired) electrons. The van der Waals surface area contributed by atoms with E-state index < -0.39 is 5.92 Å². The molecule has 1 aromatic heterocycles. The molecule has 1 aromatic carbocycles. The van der Waals surface area contributed by atoms with Gasteiger partial charge in [0, 0.05) is 0 Å². The highest BCUT2D eigenvalue weighted by atomic mass is 16.3. The smallest absolute Gasteiger partial charge is 0.219 e. The zero-order valence-electron chi connectivity index (χ0n) is 10.3. The van der Waals surface area contributed by atoms with Crippen LogP contribution in [0.25, 0.3) is 0 Å². The molecule has 90 valence electrons. The lowest BCUT2D eigenvalue weighted by Gasteiger charge is -2.09. The van der Waals surface area contributed by atoms with E-state index in [9.17, 15) is 10.1 Å². The lowest BCUT2D eigenvalue weighted by Crippen LogP contribution is -2.10. The van der Waals surface area contributed by atoms with Crippen molar-refractivity contribution in [3.63, 3.8) is 0 Å². The standard InChI is InChI=1S/C15H13NO2/c1-10-5-6-12(8-11(10)2)13(9-16)15(17)14-4-3-7-18-14/h3-8,13H,1-2H3. The Morgan fingerprint density at radius 3 is 2.61 bits per heavy atom. The number of furan rings is 1. The fourth-order valence-electron chi connectivity index (χ4n) is 1.79. The van der Waals surface area contributed by atoms with Crippen LogP contribution in [0.2, 0.25) is 0 Å². The summed E-state index contributed by atoms with van der Waals surface area (Å²) in [6.45, 7) is 3.96. The van der Waals surface area contributed by atoms with Crippen molar-refractivity contribution in [1.82, 2.24) is 0 Å². The average Bonchev–Trinajstić information content (AvgIpc) is 2.88. The van der Waals surface area contributed by atoms with Crippen molar-refractivity contribution in [3.8, 4) is 6.07 Å². The third-order valence-electron chi connectivity index (χ3n) is 3.02. The van der Waals surface area contributed by atoms with Gasteiger partial charge in [-0.2, -0.15) is 5.26 Å². The van der Waals surface area contributed by atoms with E-state index >= 15 is 0 Å². The molecule has 0 bridgehead atoms. The summed E-state index contributed by atoms with van der Waals surface area (Å²) in [7, 11) is 0.